The molecule has 1 aromatic rings. The second kappa shape index (κ2) is 5.63. The maximum atomic E-state index is 11.5. The maximum Gasteiger partial charge on any atom is 0.216 e. The molecular formula is C12H15NO2S. The minimum absolute atomic E-state index is 0.0931. The molecule has 0 aliphatic heterocycles. The Hall–Kier alpha value is -1.39. The van der Waals surface area contributed by atoms with Gasteiger partial charge < -0.3 is 0 Å². The molecule has 1 aromatic carbocycles. The lowest BCUT2D eigenvalue weighted by Crippen LogP contribution is -2.28. The van der Waals surface area contributed by atoms with E-state index in [2.05, 4.69) is 17.9 Å². The first-order chi connectivity index (χ1) is 7.59. The summed E-state index contributed by atoms with van der Waals surface area (Å²) in [4.78, 5) is 0. The van der Waals surface area contributed by atoms with Crippen molar-refractivity contribution in [2.24, 2.45) is 0 Å². The molecular weight excluding hydrogens is 222 g/mol. The first kappa shape index (κ1) is 12.7. The largest absolute Gasteiger partial charge is 0.216 e. The average Bonchev–Trinajstić information content (AvgIpc) is 2.27. The smallest absolute Gasteiger partial charge is 0.212 e. The van der Waals surface area contributed by atoms with Crippen LogP contribution < -0.4 is 4.72 Å². The fraction of sp³-hybridized carbons (Fsp3) is 0.167. The summed E-state index contributed by atoms with van der Waals surface area (Å²) >= 11 is 0. The molecule has 86 valence electrons. The minimum Gasteiger partial charge on any atom is -0.212 e. The highest BCUT2D eigenvalue weighted by atomic mass is 32.2. The zero-order chi connectivity index (χ0) is 12.0. The number of rotatable bonds is 6. The summed E-state index contributed by atoms with van der Waals surface area (Å²) in [6, 6.07) is 8.89. The van der Waals surface area contributed by atoms with Gasteiger partial charge in [0.15, 0.2) is 0 Å². The molecule has 16 heavy (non-hydrogen) atoms. The molecule has 1 unspecified atom stereocenters. The molecule has 0 saturated carbocycles. The minimum atomic E-state index is -3.33. The van der Waals surface area contributed by atoms with Gasteiger partial charge in [0.2, 0.25) is 10.0 Å². The van der Waals surface area contributed by atoms with E-state index in [0.29, 0.717) is 0 Å². The van der Waals surface area contributed by atoms with Gasteiger partial charge in [-0.15, -0.1) is 13.2 Å². The molecule has 0 aliphatic carbocycles. The summed E-state index contributed by atoms with van der Waals surface area (Å²) in [6.07, 6.45) is 2.92. The molecule has 0 bridgehead atoms. The Morgan fingerprint density at radius 2 is 1.88 bits per heavy atom. The summed E-state index contributed by atoms with van der Waals surface area (Å²) in [5, 5.41) is 0. The van der Waals surface area contributed by atoms with Crippen molar-refractivity contribution in [2.45, 2.75) is 6.04 Å². The Kier molecular flexibility index (Phi) is 4.46. The van der Waals surface area contributed by atoms with E-state index in [0.717, 1.165) is 5.56 Å². The van der Waals surface area contributed by atoms with Crippen LogP contribution in [0.2, 0.25) is 0 Å². The highest BCUT2D eigenvalue weighted by Crippen LogP contribution is 2.14. The molecule has 1 rings (SSSR count). The molecule has 0 amide bonds. The van der Waals surface area contributed by atoms with E-state index < -0.39 is 16.1 Å². The SMILES string of the molecule is C=CCS(=O)(=O)NC(C=C)c1ccccc1. The third-order valence-electron chi connectivity index (χ3n) is 2.04. The normalized spacial score (nSPS) is 13.0. The zero-order valence-electron chi connectivity index (χ0n) is 8.96. The Balaban J connectivity index is 2.86. The third-order valence-corrected chi connectivity index (χ3v) is 3.33. The molecule has 1 atom stereocenters. The molecule has 0 radical (unpaired) electrons. The highest BCUT2D eigenvalue weighted by molar-refractivity contribution is 7.89. The quantitative estimate of drug-likeness (QED) is 0.769. The van der Waals surface area contributed by atoms with Crippen molar-refractivity contribution in [3.8, 4) is 0 Å². The lowest BCUT2D eigenvalue weighted by Gasteiger charge is -2.14. The fourth-order valence-corrected chi connectivity index (χ4v) is 2.34. The molecule has 0 aromatic heterocycles. The summed E-state index contributed by atoms with van der Waals surface area (Å²) in [5.41, 5.74) is 0.866. The van der Waals surface area contributed by atoms with E-state index in [1.807, 2.05) is 30.3 Å². The highest BCUT2D eigenvalue weighted by Gasteiger charge is 2.14. The molecule has 4 heteroatoms. The van der Waals surface area contributed by atoms with Gasteiger partial charge in [0.05, 0.1) is 11.8 Å². The Morgan fingerprint density at radius 1 is 1.25 bits per heavy atom. The van der Waals surface area contributed by atoms with Crippen LogP contribution in [0.5, 0.6) is 0 Å². The van der Waals surface area contributed by atoms with Crippen molar-refractivity contribution in [3.05, 3.63) is 61.2 Å². The molecule has 1 N–H and O–H groups in total. The van der Waals surface area contributed by atoms with Crippen molar-refractivity contribution in [2.75, 3.05) is 5.75 Å². The van der Waals surface area contributed by atoms with Crippen LogP contribution in [-0.4, -0.2) is 14.2 Å². The summed E-state index contributed by atoms with van der Waals surface area (Å²) in [6.45, 7) is 7.04. The van der Waals surface area contributed by atoms with E-state index >= 15 is 0 Å². The van der Waals surface area contributed by atoms with E-state index in [4.69, 9.17) is 0 Å². The van der Waals surface area contributed by atoms with Gasteiger partial charge in [-0.25, -0.2) is 13.1 Å². The number of hydrogen-bond acceptors (Lipinski definition) is 2. The van der Waals surface area contributed by atoms with Crippen molar-refractivity contribution >= 4 is 10.0 Å². The van der Waals surface area contributed by atoms with Crippen molar-refractivity contribution in [1.29, 1.82) is 0 Å². The predicted octanol–water partition coefficient (Wildman–Crippen LogP) is 2.02. The summed E-state index contributed by atoms with van der Waals surface area (Å²) < 4.78 is 25.6. The van der Waals surface area contributed by atoms with Crippen LogP contribution in [0.3, 0.4) is 0 Å². The van der Waals surface area contributed by atoms with Crippen LogP contribution in [-0.2, 0) is 10.0 Å². The van der Waals surface area contributed by atoms with Gasteiger partial charge in [-0.3, -0.25) is 0 Å². The predicted molar refractivity (Wildman–Crippen MR) is 66.5 cm³/mol. The van der Waals surface area contributed by atoms with Gasteiger partial charge in [-0.2, -0.15) is 0 Å². The monoisotopic (exact) mass is 237 g/mol. The number of nitrogens with one attached hydrogen (secondary N) is 1. The first-order valence-electron chi connectivity index (χ1n) is 4.87. The van der Waals surface area contributed by atoms with Crippen LogP contribution in [0, 0.1) is 0 Å². The summed E-state index contributed by atoms with van der Waals surface area (Å²) in [7, 11) is -3.33. The number of hydrogen-bond donors (Lipinski definition) is 1. The van der Waals surface area contributed by atoms with Crippen molar-refractivity contribution < 1.29 is 8.42 Å². The van der Waals surface area contributed by atoms with E-state index in [1.54, 1.807) is 6.08 Å². The van der Waals surface area contributed by atoms with Crippen LogP contribution in [0.25, 0.3) is 0 Å². The fourth-order valence-electron chi connectivity index (χ4n) is 1.31. The molecule has 0 aliphatic rings. The van der Waals surface area contributed by atoms with Crippen molar-refractivity contribution in [3.63, 3.8) is 0 Å². The average molecular weight is 237 g/mol. The van der Waals surface area contributed by atoms with Crippen molar-refractivity contribution in [1.82, 2.24) is 4.72 Å². The Morgan fingerprint density at radius 3 is 2.38 bits per heavy atom. The Labute approximate surface area is 96.6 Å². The standard InChI is InChI=1S/C12H15NO2S/c1-3-10-16(14,15)13-12(4-2)11-8-6-5-7-9-11/h3-9,12-13H,1-2,10H2. The van der Waals surface area contributed by atoms with Crippen LogP contribution in [0.4, 0.5) is 0 Å². The van der Waals surface area contributed by atoms with Gasteiger partial charge in [0, 0.05) is 0 Å². The number of benzene rings is 1. The van der Waals surface area contributed by atoms with Crippen LogP contribution in [0.15, 0.2) is 55.6 Å². The van der Waals surface area contributed by atoms with Gasteiger partial charge in [0.1, 0.15) is 0 Å². The lowest BCUT2D eigenvalue weighted by molar-refractivity contribution is 0.577. The van der Waals surface area contributed by atoms with E-state index in [1.165, 1.54) is 6.08 Å². The van der Waals surface area contributed by atoms with Crippen LogP contribution in [0.1, 0.15) is 11.6 Å². The zero-order valence-corrected chi connectivity index (χ0v) is 9.78. The summed E-state index contributed by atoms with van der Waals surface area (Å²) in [5.74, 6) is -0.0931. The third kappa shape index (κ3) is 3.64. The van der Waals surface area contributed by atoms with Crippen LogP contribution >= 0.6 is 0 Å². The topological polar surface area (TPSA) is 46.2 Å². The molecule has 0 fully saturated rings. The van der Waals surface area contributed by atoms with Gasteiger partial charge >= 0.3 is 0 Å². The molecule has 0 saturated heterocycles. The van der Waals surface area contributed by atoms with E-state index in [9.17, 15) is 8.42 Å². The van der Waals surface area contributed by atoms with Gasteiger partial charge in [0.25, 0.3) is 0 Å². The lowest BCUT2D eigenvalue weighted by atomic mass is 10.1. The van der Waals surface area contributed by atoms with E-state index in [-0.39, 0.29) is 5.75 Å². The second-order valence-electron chi connectivity index (χ2n) is 3.31. The molecule has 3 nitrogen and oxygen atoms in total. The number of sulfonamides is 1. The van der Waals surface area contributed by atoms with Gasteiger partial charge in [-0.05, 0) is 5.56 Å². The molecule has 0 spiro atoms. The van der Waals surface area contributed by atoms with Gasteiger partial charge in [-0.1, -0.05) is 42.5 Å². The Bertz CT molecular complexity index is 451. The second-order valence-corrected chi connectivity index (χ2v) is 5.11. The maximum absolute atomic E-state index is 11.5. The first-order valence-corrected chi connectivity index (χ1v) is 6.52. The molecule has 0 heterocycles.